The summed E-state index contributed by atoms with van der Waals surface area (Å²) >= 11 is 1.48. The van der Waals surface area contributed by atoms with E-state index < -0.39 is 0 Å². The molecule has 136 valence electrons. The lowest BCUT2D eigenvalue weighted by Crippen LogP contribution is -2.50. The number of piperazine rings is 1. The third kappa shape index (κ3) is 3.65. The monoisotopic (exact) mass is 372 g/mol. The van der Waals surface area contributed by atoms with Gasteiger partial charge in [-0.05, 0) is 13.0 Å². The zero-order chi connectivity index (χ0) is 17.9. The van der Waals surface area contributed by atoms with E-state index in [2.05, 4.69) is 35.2 Å². The van der Waals surface area contributed by atoms with Crippen LogP contribution >= 0.6 is 11.3 Å². The molecule has 3 aromatic rings. The Morgan fingerprint density at radius 2 is 2.04 bits per heavy atom. The standard InChI is InChI=1S/C16H20N8OS/c1-12(13-9-24-16(21-13)26-11-19-24)20-14(25)10-22-5-7-23(8-6-22)15-17-3-2-4-18-15/h2-4,9,11-12H,5-8,10H2,1H3,(H,20,25)/t12-/m0/s1. The summed E-state index contributed by atoms with van der Waals surface area (Å²) < 4.78 is 1.73. The fourth-order valence-electron chi connectivity index (χ4n) is 2.99. The Bertz CT molecular complexity index is 842. The molecule has 0 aliphatic carbocycles. The third-order valence-electron chi connectivity index (χ3n) is 4.40. The van der Waals surface area contributed by atoms with E-state index in [0.717, 1.165) is 42.8 Å². The molecule has 1 saturated heterocycles. The number of nitrogens with zero attached hydrogens (tertiary/aromatic N) is 7. The summed E-state index contributed by atoms with van der Waals surface area (Å²) in [5.41, 5.74) is 2.57. The van der Waals surface area contributed by atoms with Gasteiger partial charge in [-0.3, -0.25) is 9.69 Å². The summed E-state index contributed by atoms with van der Waals surface area (Å²) in [6, 6.07) is 1.67. The number of imidazole rings is 1. The van der Waals surface area contributed by atoms with E-state index in [1.165, 1.54) is 11.3 Å². The second kappa shape index (κ2) is 7.34. The molecule has 0 saturated carbocycles. The molecule has 10 heteroatoms. The maximum Gasteiger partial charge on any atom is 0.234 e. The van der Waals surface area contributed by atoms with Crippen LogP contribution in [0, 0.1) is 0 Å². The van der Waals surface area contributed by atoms with Gasteiger partial charge in [0.25, 0.3) is 0 Å². The Kier molecular flexibility index (Phi) is 4.76. The van der Waals surface area contributed by atoms with Crippen molar-refractivity contribution in [3.8, 4) is 0 Å². The van der Waals surface area contributed by atoms with Crippen LogP contribution in [0.5, 0.6) is 0 Å². The fraction of sp³-hybridized carbons (Fsp3) is 0.438. The number of anilines is 1. The van der Waals surface area contributed by atoms with Gasteiger partial charge in [0.2, 0.25) is 16.8 Å². The van der Waals surface area contributed by atoms with Crippen molar-refractivity contribution in [1.82, 2.24) is 34.8 Å². The van der Waals surface area contributed by atoms with Crippen LogP contribution < -0.4 is 10.2 Å². The van der Waals surface area contributed by atoms with Gasteiger partial charge in [-0.2, -0.15) is 5.10 Å². The minimum Gasteiger partial charge on any atom is -0.347 e. The van der Waals surface area contributed by atoms with Gasteiger partial charge in [0.1, 0.15) is 5.51 Å². The molecule has 0 spiro atoms. The first-order valence-corrected chi connectivity index (χ1v) is 9.39. The fourth-order valence-corrected chi connectivity index (χ4v) is 3.60. The summed E-state index contributed by atoms with van der Waals surface area (Å²) in [5, 5.41) is 7.18. The Morgan fingerprint density at radius 1 is 1.27 bits per heavy atom. The van der Waals surface area contributed by atoms with E-state index in [0.29, 0.717) is 6.54 Å². The zero-order valence-corrected chi connectivity index (χ0v) is 15.3. The highest BCUT2D eigenvalue weighted by molar-refractivity contribution is 7.14. The van der Waals surface area contributed by atoms with Crippen molar-refractivity contribution < 1.29 is 4.79 Å². The summed E-state index contributed by atoms with van der Waals surface area (Å²) in [6.45, 7) is 5.57. The molecule has 0 aromatic carbocycles. The molecule has 1 fully saturated rings. The van der Waals surface area contributed by atoms with Crippen LogP contribution in [0.15, 0.2) is 30.2 Å². The van der Waals surface area contributed by atoms with Crippen molar-refractivity contribution >= 4 is 28.2 Å². The molecule has 0 bridgehead atoms. The summed E-state index contributed by atoms with van der Waals surface area (Å²) in [5.74, 6) is 0.754. The molecule has 1 amide bonds. The van der Waals surface area contributed by atoms with E-state index in [4.69, 9.17) is 0 Å². The van der Waals surface area contributed by atoms with Crippen LogP contribution in [-0.4, -0.2) is 68.1 Å². The highest BCUT2D eigenvalue weighted by Crippen LogP contribution is 2.15. The molecule has 3 aromatic heterocycles. The Balaban J connectivity index is 1.27. The molecule has 1 N–H and O–H groups in total. The van der Waals surface area contributed by atoms with Crippen molar-refractivity contribution in [2.75, 3.05) is 37.6 Å². The van der Waals surface area contributed by atoms with Crippen LogP contribution in [0.4, 0.5) is 5.95 Å². The molecule has 0 radical (unpaired) electrons. The molecule has 9 nitrogen and oxygen atoms in total. The summed E-state index contributed by atoms with van der Waals surface area (Å²) in [6.07, 6.45) is 5.35. The quantitative estimate of drug-likeness (QED) is 0.700. The number of carbonyl (C=O) groups is 1. The molecular formula is C16H20N8OS. The van der Waals surface area contributed by atoms with Gasteiger partial charge in [0.15, 0.2) is 0 Å². The molecule has 0 unspecified atom stereocenters. The van der Waals surface area contributed by atoms with Gasteiger partial charge < -0.3 is 10.2 Å². The second-order valence-corrected chi connectivity index (χ2v) is 7.04. The first-order chi connectivity index (χ1) is 12.7. The molecule has 1 atom stereocenters. The van der Waals surface area contributed by atoms with Crippen molar-refractivity contribution in [1.29, 1.82) is 0 Å². The van der Waals surface area contributed by atoms with Crippen molar-refractivity contribution in [2.45, 2.75) is 13.0 Å². The second-order valence-electron chi connectivity index (χ2n) is 6.23. The zero-order valence-electron chi connectivity index (χ0n) is 14.4. The largest absolute Gasteiger partial charge is 0.347 e. The summed E-state index contributed by atoms with van der Waals surface area (Å²) in [4.78, 5) is 30.5. The van der Waals surface area contributed by atoms with Gasteiger partial charge in [-0.25, -0.2) is 19.5 Å². The Morgan fingerprint density at radius 3 is 2.77 bits per heavy atom. The van der Waals surface area contributed by atoms with E-state index >= 15 is 0 Å². The van der Waals surface area contributed by atoms with Crippen LogP contribution in [0.2, 0.25) is 0 Å². The molecule has 26 heavy (non-hydrogen) atoms. The lowest BCUT2D eigenvalue weighted by molar-refractivity contribution is -0.123. The maximum atomic E-state index is 12.4. The van der Waals surface area contributed by atoms with Crippen molar-refractivity contribution in [3.05, 3.63) is 35.9 Å². The number of carbonyl (C=O) groups excluding carboxylic acids is 1. The smallest absolute Gasteiger partial charge is 0.234 e. The van der Waals surface area contributed by atoms with Crippen LogP contribution in [-0.2, 0) is 4.79 Å². The first kappa shape index (κ1) is 16.9. The van der Waals surface area contributed by atoms with Gasteiger partial charge >= 0.3 is 0 Å². The van der Waals surface area contributed by atoms with E-state index in [1.54, 1.807) is 22.4 Å². The number of rotatable bonds is 5. The normalized spacial score (nSPS) is 16.7. The minimum absolute atomic E-state index is 0.00576. The average Bonchev–Trinajstić information content (AvgIpc) is 3.25. The Labute approximate surface area is 154 Å². The maximum absolute atomic E-state index is 12.4. The number of amides is 1. The average molecular weight is 372 g/mol. The van der Waals surface area contributed by atoms with Crippen LogP contribution in [0.3, 0.4) is 0 Å². The van der Waals surface area contributed by atoms with Gasteiger partial charge in [0, 0.05) is 38.6 Å². The van der Waals surface area contributed by atoms with Crippen molar-refractivity contribution in [3.63, 3.8) is 0 Å². The number of hydrogen-bond donors (Lipinski definition) is 1. The van der Waals surface area contributed by atoms with Crippen LogP contribution in [0.25, 0.3) is 4.96 Å². The number of aromatic nitrogens is 5. The van der Waals surface area contributed by atoms with Gasteiger partial charge in [0.05, 0.1) is 24.5 Å². The molecule has 4 rings (SSSR count). The first-order valence-electron chi connectivity index (χ1n) is 8.51. The number of fused-ring (bicyclic) bond motifs is 1. The van der Waals surface area contributed by atoms with E-state index in [-0.39, 0.29) is 11.9 Å². The highest BCUT2D eigenvalue weighted by Gasteiger charge is 2.21. The summed E-state index contributed by atoms with van der Waals surface area (Å²) in [7, 11) is 0. The van der Waals surface area contributed by atoms with Crippen molar-refractivity contribution in [2.24, 2.45) is 0 Å². The topological polar surface area (TPSA) is 91.6 Å². The number of nitrogens with one attached hydrogen (secondary N) is 1. The lowest BCUT2D eigenvalue weighted by atomic mass is 10.2. The molecule has 1 aliphatic rings. The SMILES string of the molecule is C[C@H](NC(=O)CN1CCN(c2ncccn2)CC1)c1cn2ncsc2n1. The minimum atomic E-state index is -0.143. The van der Waals surface area contributed by atoms with E-state index in [9.17, 15) is 4.79 Å². The Hall–Kier alpha value is -2.59. The van der Waals surface area contributed by atoms with E-state index in [1.807, 2.05) is 19.2 Å². The predicted octanol–water partition coefficient (Wildman–Crippen LogP) is 0.580. The lowest BCUT2D eigenvalue weighted by Gasteiger charge is -2.34. The molecular weight excluding hydrogens is 352 g/mol. The van der Waals surface area contributed by atoms with Gasteiger partial charge in [-0.1, -0.05) is 11.3 Å². The molecule has 1 aliphatic heterocycles. The number of hydrogen-bond acceptors (Lipinski definition) is 8. The van der Waals surface area contributed by atoms with Gasteiger partial charge in [-0.15, -0.1) is 0 Å². The third-order valence-corrected chi connectivity index (χ3v) is 5.09. The van der Waals surface area contributed by atoms with Crippen LogP contribution in [0.1, 0.15) is 18.7 Å². The molecule has 4 heterocycles. The predicted molar refractivity (Wildman–Crippen MR) is 98.1 cm³/mol. The highest BCUT2D eigenvalue weighted by atomic mass is 32.1.